The quantitative estimate of drug-likeness (QED) is 0.535. The minimum Gasteiger partial charge on any atom is -0.379 e. The van der Waals surface area contributed by atoms with Gasteiger partial charge in [0.15, 0.2) is 0 Å². The van der Waals surface area contributed by atoms with Crippen LogP contribution in [0.15, 0.2) is 0 Å². The Kier molecular flexibility index (Phi) is 12.2. The summed E-state index contributed by atoms with van der Waals surface area (Å²) < 4.78 is 5.25. The summed E-state index contributed by atoms with van der Waals surface area (Å²) in [4.78, 5) is 9.83. The van der Waals surface area contributed by atoms with Gasteiger partial charge in [0.2, 0.25) is 0 Å². The van der Waals surface area contributed by atoms with Crippen LogP contribution in [0.3, 0.4) is 0 Å². The van der Waals surface area contributed by atoms with E-state index in [0.29, 0.717) is 16.5 Å². The van der Waals surface area contributed by atoms with Crippen LogP contribution in [0.5, 0.6) is 0 Å². The lowest BCUT2D eigenvalue weighted by Crippen LogP contribution is -2.52. The second kappa shape index (κ2) is 13.0. The molecule has 0 aromatic rings. The molecule has 3 rings (SSSR count). The Bertz CT molecular complexity index is 449. The van der Waals surface area contributed by atoms with Crippen molar-refractivity contribution in [3.63, 3.8) is 0 Å². The van der Waals surface area contributed by atoms with Crippen molar-refractivity contribution in [3.8, 4) is 0 Å². The number of hydrogen-bond donors (Lipinski definition) is 0. The van der Waals surface area contributed by atoms with Crippen LogP contribution in [0.1, 0.15) is 75.2 Å². The van der Waals surface area contributed by atoms with Crippen molar-refractivity contribution in [2.75, 3.05) is 79.7 Å². The van der Waals surface area contributed by atoms with Gasteiger partial charge in [-0.15, -0.1) is 0 Å². The number of likely N-dealkylation sites (N-methyl/N-ethyl adjacent to an activating group) is 1. The van der Waals surface area contributed by atoms with Gasteiger partial charge in [0, 0.05) is 50.3 Å². The maximum Gasteiger partial charge on any atom is 0.0594 e. The molecule has 3 aliphatic heterocycles. The summed E-state index contributed by atoms with van der Waals surface area (Å²) >= 11 is 0. The van der Waals surface area contributed by atoms with E-state index in [4.69, 9.17) is 4.74 Å². The first-order valence-electron chi connectivity index (χ1n) is 13.1. The van der Waals surface area contributed by atoms with E-state index in [2.05, 4.69) is 96.0 Å². The van der Waals surface area contributed by atoms with Crippen LogP contribution < -0.4 is 0 Å². The van der Waals surface area contributed by atoms with Crippen LogP contribution in [-0.2, 0) is 4.74 Å². The second-order valence-corrected chi connectivity index (χ2v) is 13.2. The molecular formula is C27H58N4O. The highest BCUT2D eigenvalue weighted by molar-refractivity contribution is 4.81. The number of ether oxygens (including phenoxy) is 1. The molecule has 0 atom stereocenters. The molecular weight excluding hydrogens is 396 g/mol. The first-order chi connectivity index (χ1) is 14.6. The molecule has 32 heavy (non-hydrogen) atoms. The summed E-state index contributed by atoms with van der Waals surface area (Å²) in [6, 6.07) is 0. The standard InChI is InChI=1S/C10H21N.C9H20N2.C8H17NO/c1-10(2,3)9-5-7-11(4)8-6-9;1-9(2,3)11-7-5-10(4)6-8-11;1-8(2,3)9-4-6-10-7-5-9/h9H,5-8H2,1-4H3;5-8H2,1-4H3;4-7H2,1-3H3. The van der Waals surface area contributed by atoms with Gasteiger partial charge in [0.05, 0.1) is 13.2 Å². The van der Waals surface area contributed by atoms with Gasteiger partial charge in [0.25, 0.3) is 0 Å². The molecule has 3 aliphatic rings. The number of likely N-dealkylation sites (tertiary alicyclic amines) is 1. The van der Waals surface area contributed by atoms with Gasteiger partial charge in [-0.3, -0.25) is 9.80 Å². The van der Waals surface area contributed by atoms with Gasteiger partial charge in [-0.2, -0.15) is 0 Å². The Morgan fingerprint density at radius 1 is 0.531 bits per heavy atom. The van der Waals surface area contributed by atoms with E-state index in [1.807, 2.05) is 0 Å². The van der Waals surface area contributed by atoms with E-state index < -0.39 is 0 Å². The van der Waals surface area contributed by atoms with Crippen molar-refractivity contribution < 1.29 is 4.74 Å². The topological polar surface area (TPSA) is 22.2 Å². The van der Waals surface area contributed by atoms with Gasteiger partial charge in [-0.1, -0.05) is 20.8 Å². The normalized spacial score (nSPS) is 23.7. The predicted octanol–water partition coefficient (Wildman–Crippen LogP) is 4.52. The number of rotatable bonds is 0. The van der Waals surface area contributed by atoms with Gasteiger partial charge < -0.3 is 14.5 Å². The van der Waals surface area contributed by atoms with E-state index >= 15 is 0 Å². The largest absolute Gasteiger partial charge is 0.379 e. The third-order valence-electron chi connectivity index (χ3n) is 7.36. The highest BCUT2D eigenvalue weighted by Crippen LogP contribution is 2.33. The molecule has 3 fully saturated rings. The summed E-state index contributed by atoms with van der Waals surface area (Å²) in [6.45, 7) is 32.2. The Hall–Kier alpha value is -0.200. The molecule has 0 aliphatic carbocycles. The van der Waals surface area contributed by atoms with E-state index in [9.17, 15) is 0 Å². The summed E-state index contributed by atoms with van der Waals surface area (Å²) in [5.74, 6) is 0.943. The molecule has 3 heterocycles. The van der Waals surface area contributed by atoms with Crippen molar-refractivity contribution in [1.82, 2.24) is 19.6 Å². The minimum atomic E-state index is 0.323. The molecule has 5 heteroatoms. The number of nitrogens with zero attached hydrogens (tertiary/aromatic N) is 4. The first-order valence-corrected chi connectivity index (χ1v) is 13.1. The highest BCUT2D eigenvalue weighted by atomic mass is 16.5. The lowest BCUT2D eigenvalue weighted by molar-refractivity contribution is -0.00389. The minimum absolute atomic E-state index is 0.323. The Morgan fingerprint density at radius 2 is 0.906 bits per heavy atom. The molecule has 0 aromatic heterocycles. The smallest absolute Gasteiger partial charge is 0.0594 e. The maximum absolute atomic E-state index is 5.25. The molecule has 5 nitrogen and oxygen atoms in total. The molecule has 0 amide bonds. The first kappa shape index (κ1) is 29.8. The Morgan fingerprint density at radius 3 is 1.25 bits per heavy atom. The average Bonchev–Trinajstić information content (AvgIpc) is 2.68. The van der Waals surface area contributed by atoms with Crippen LogP contribution in [0, 0.1) is 11.3 Å². The molecule has 0 unspecified atom stereocenters. The van der Waals surface area contributed by atoms with Gasteiger partial charge in [-0.25, -0.2) is 0 Å². The van der Waals surface area contributed by atoms with Gasteiger partial charge in [0.1, 0.15) is 0 Å². The van der Waals surface area contributed by atoms with Crippen LogP contribution in [0.4, 0.5) is 0 Å². The fourth-order valence-electron chi connectivity index (χ4n) is 4.59. The summed E-state index contributed by atoms with van der Waals surface area (Å²) in [5.41, 5.74) is 1.21. The molecule has 0 bridgehead atoms. The fourth-order valence-corrected chi connectivity index (χ4v) is 4.59. The number of piperazine rings is 1. The van der Waals surface area contributed by atoms with Crippen LogP contribution in [0.2, 0.25) is 0 Å². The number of piperidine rings is 1. The monoisotopic (exact) mass is 454 g/mol. The zero-order valence-electron chi connectivity index (χ0n) is 23.8. The Labute approximate surface area is 201 Å². The SMILES string of the molecule is CC(C)(C)N1CCOCC1.CN1CCC(C(C)(C)C)CC1.CN1CCN(C(C)(C)C)CC1. The molecule has 0 radical (unpaired) electrons. The number of morpholine rings is 1. The highest BCUT2D eigenvalue weighted by Gasteiger charge is 2.27. The third-order valence-corrected chi connectivity index (χ3v) is 7.36. The average molecular weight is 455 g/mol. The van der Waals surface area contributed by atoms with Crippen LogP contribution in [-0.4, -0.2) is 110 Å². The van der Waals surface area contributed by atoms with E-state index in [-0.39, 0.29) is 0 Å². The van der Waals surface area contributed by atoms with E-state index in [0.717, 1.165) is 32.2 Å². The molecule has 0 N–H and O–H groups in total. The molecule has 3 saturated heterocycles. The maximum atomic E-state index is 5.25. The summed E-state index contributed by atoms with van der Waals surface area (Å²) in [6.07, 6.45) is 2.78. The fraction of sp³-hybridized carbons (Fsp3) is 1.00. The summed E-state index contributed by atoms with van der Waals surface area (Å²) in [7, 11) is 4.42. The van der Waals surface area contributed by atoms with Crippen molar-refractivity contribution in [2.24, 2.45) is 11.3 Å². The zero-order valence-corrected chi connectivity index (χ0v) is 23.8. The van der Waals surface area contributed by atoms with Gasteiger partial charge >= 0.3 is 0 Å². The molecule has 192 valence electrons. The van der Waals surface area contributed by atoms with Crippen LogP contribution in [0.25, 0.3) is 0 Å². The van der Waals surface area contributed by atoms with Crippen LogP contribution >= 0.6 is 0 Å². The molecule has 0 aromatic carbocycles. The zero-order chi connectivity index (χ0) is 24.6. The second-order valence-electron chi connectivity index (χ2n) is 13.2. The molecule has 0 spiro atoms. The van der Waals surface area contributed by atoms with E-state index in [1.165, 1.54) is 52.1 Å². The van der Waals surface area contributed by atoms with Crippen molar-refractivity contribution in [2.45, 2.75) is 86.2 Å². The lowest BCUT2D eigenvalue weighted by atomic mass is 9.75. The summed E-state index contributed by atoms with van der Waals surface area (Å²) in [5, 5.41) is 0. The number of hydrogen-bond acceptors (Lipinski definition) is 5. The van der Waals surface area contributed by atoms with Crippen molar-refractivity contribution in [1.29, 1.82) is 0 Å². The van der Waals surface area contributed by atoms with Gasteiger partial charge in [-0.05, 0) is 92.9 Å². The lowest BCUT2D eigenvalue weighted by Gasteiger charge is -2.41. The predicted molar refractivity (Wildman–Crippen MR) is 141 cm³/mol. The molecule has 0 saturated carbocycles. The van der Waals surface area contributed by atoms with E-state index in [1.54, 1.807) is 0 Å². The third kappa shape index (κ3) is 11.8. The van der Waals surface area contributed by atoms with Crippen molar-refractivity contribution >= 4 is 0 Å². The Balaban J connectivity index is 0.000000240. The van der Waals surface area contributed by atoms with Crippen molar-refractivity contribution in [3.05, 3.63) is 0 Å².